The maximum absolute atomic E-state index is 12.3. The van der Waals surface area contributed by atoms with E-state index in [1.165, 1.54) is 22.9 Å². The lowest BCUT2D eigenvalue weighted by Crippen LogP contribution is -2.28. The Kier molecular flexibility index (Phi) is 7.21. The molecule has 0 aliphatic rings. The number of thioether (sulfide) groups is 1. The van der Waals surface area contributed by atoms with E-state index in [9.17, 15) is 9.59 Å². The van der Waals surface area contributed by atoms with Gasteiger partial charge in [-0.15, -0.1) is 0 Å². The molecule has 5 nitrogen and oxygen atoms in total. The Bertz CT molecular complexity index is 792. The SMILES string of the molecule is CCOC(=O)c1cccnc1SCC(=O)NC(C)c1ccc(C)c(C)c1. The highest BCUT2D eigenvalue weighted by Gasteiger charge is 2.16. The lowest BCUT2D eigenvalue weighted by atomic mass is 10.0. The molecule has 2 rings (SSSR count). The molecule has 6 heteroatoms. The van der Waals surface area contributed by atoms with Crippen LogP contribution in [0.5, 0.6) is 0 Å². The molecule has 0 bridgehead atoms. The number of nitrogens with one attached hydrogen (secondary N) is 1. The van der Waals surface area contributed by atoms with Crippen molar-refractivity contribution in [1.29, 1.82) is 0 Å². The minimum Gasteiger partial charge on any atom is -0.462 e. The van der Waals surface area contributed by atoms with Gasteiger partial charge in [0.1, 0.15) is 5.03 Å². The van der Waals surface area contributed by atoms with Gasteiger partial charge in [0.05, 0.1) is 24.0 Å². The van der Waals surface area contributed by atoms with Gasteiger partial charge >= 0.3 is 5.97 Å². The zero-order valence-corrected chi connectivity index (χ0v) is 16.4. The molecule has 1 atom stereocenters. The summed E-state index contributed by atoms with van der Waals surface area (Å²) in [5.41, 5.74) is 3.88. The molecule has 0 saturated heterocycles. The van der Waals surface area contributed by atoms with E-state index in [2.05, 4.69) is 36.3 Å². The number of carbonyl (C=O) groups is 2. The van der Waals surface area contributed by atoms with Gasteiger partial charge in [0.2, 0.25) is 5.91 Å². The van der Waals surface area contributed by atoms with Gasteiger partial charge in [-0.05, 0) is 56.5 Å². The van der Waals surface area contributed by atoms with E-state index >= 15 is 0 Å². The number of hydrogen-bond acceptors (Lipinski definition) is 5. The molecule has 0 fully saturated rings. The van der Waals surface area contributed by atoms with Crippen molar-refractivity contribution in [1.82, 2.24) is 10.3 Å². The first-order chi connectivity index (χ1) is 12.4. The van der Waals surface area contributed by atoms with Crippen LogP contribution in [0.25, 0.3) is 0 Å². The first kappa shape index (κ1) is 20.0. The third kappa shape index (κ3) is 5.33. The van der Waals surface area contributed by atoms with Crippen LogP contribution in [0, 0.1) is 13.8 Å². The first-order valence-electron chi connectivity index (χ1n) is 8.53. The molecule has 0 aliphatic heterocycles. The number of aryl methyl sites for hydroxylation is 2. The van der Waals surface area contributed by atoms with E-state index in [0.717, 1.165) is 5.56 Å². The van der Waals surface area contributed by atoms with Gasteiger partial charge in [-0.1, -0.05) is 30.0 Å². The number of amides is 1. The number of aromatic nitrogens is 1. The number of esters is 1. The number of hydrogen-bond donors (Lipinski definition) is 1. The molecule has 1 aromatic heterocycles. The summed E-state index contributed by atoms with van der Waals surface area (Å²) < 4.78 is 5.03. The van der Waals surface area contributed by atoms with Crippen LogP contribution in [0.4, 0.5) is 0 Å². The quantitative estimate of drug-likeness (QED) is 0.591. The minimum atomic E-state index is -0.424. The van der Waals surface area contributed by atoms with Crippen molar-refractivity contribution in [3.8, 4) is 0 Å². The van der Waals surface area contributed by atoms with Crippen LogP contribution in [-0.2, 0) is 9.53 Å². The smallest absolute Gasteiger partial charge is 0.340 e. The summed E-state index contributed by atoms with van der Waals surface area (Å²) in [6, 6.07) is 9.42. The Labute approximate surface area is 158 Å². The van der Waals surface area contributed by atoms with Crippen LogP contribution in [0.15, 0.2) is 41.6 Å². The Morgan fingerprint density at radius 1 is 1.23 bits per heavy atom. The largest absolute Gasteiger partial charge is 0.462 e. The summed E-state index contributed by atoms with van der Waals surface area (Å²) in [5.74, 6) is -0.355. The van der Waals surface area contributed by atoms with Crippen molar-refractivity contribution < 1.29 is 14.3 Å². The van der Waals surface area contributed by atoms with Crippen LogP contribution in [0.3, 0.4) is 0 Å². The zero-order valence-electron chi connectivity index (χ0n) is 15.5. The molecule has 2 aromatic rings. The third-order valence-corrected chi connectivity index (χ3v) is 5.02. The predicted octanol–water partition coefficient (Wildman–Crippen LogP) is 3.84. The monoisotopic (exact) mass is 372 g/mol. The van der Waals surface area contributed by atoms with Crippen LogP contribution in [-0.4, -0.2) is 29.2 Å². The van der Waals surface area contributed by atoms with E-state index in [1.807, 2.05) is 13.0 Å². The van der Waals surface area contributed by atoms with Crippen molar-refractivity contribution >= 4 is 23.6 Å². The number of pyridine rings is 1. The number of benzene rings is 1. The summed E-state index contributed by atoms with van der Waals surface area (Å²) in [5, 5.41) is 3.48. The number of carbonyl (C=O) groups excluding carboxylic acids is 2. The Balaban J connectivity index is 1.96. The number of nitrogens with zero attached hydrogens (tertiary/aromatic N) is 1. The van der Waals surface area contributed by atoms with Crippen LogP contribution >= 0.6 is 11.8 Å². The highest BCUT2D eigenvalue weighted by atomic mass is 32.2. The summed E-state index contributed by atoms with van der Waals surface area (Å²) >= 11 is 1.23. The lowest BCUT2D eigenvalue weighted by molar-refractivity contribution is -0.119. The minimum absolute atomic E-state index is 0.0874. The van der Waals surface area contributed by atoms with Gasteiger partial charge in [-0.2, -0.15) is 0 Å². The summed E-state index contributed by atoms with van der Waals surface area (Å²) in [7, 11) is 0. The summed E-state index contributed by atoms with van der Waals surface area (Å²) in [6.07, 6.45) is 1.60. The molecule has 0 radical (unpaired) electrons. The summed E-state index contributed by atoms with van der Waals surface area (Å²) in [4.78, 5) is 28.4. The fourth-order valence-electron chi connectivity index (χ4n) is 2.40. The Hall–Kier alpha value is -2.34. The fraction of sp³-hybridized carbons (Fsp3) is 0.350. The van der Waals surface area contributed by atoms with Crippen molar-refractivity contribution in [3.05, 3.63) is 58.8 Å². The van der Waals surface area contributed by atoms with Crippen molar-refractivity contribution in [3.63, 3.8) is 0 Å². The van der Waals surface area contributed by atoms with E-state index in [4.69, 9.17) is 4.74 Å². The maximum Gasteiger partial charge on any atom is 0.340 e. The van der Waals surface area contributed by atoms with Gasteiger partial charge < -0.3 is 10.1 Å². The topological polar surface area (TPSA) is 68.3 Å². The molecular formula is C20H24N2O3S. The Morgan fingerprint density at radius 3 is 2.69 bits per heavy atom. The second-order valence-electron chi connectivity index (χ2n) is 6.00. The van der Waals surface area contributed by atoms with Crippen molar-refractivity contribution in [2.24, 2.45) is 0 Å². The van der Waals surface area contributed by atoms with E-state index in [1.54, 1.807) is 25.3 Å². The van der Waals surface area contributed by atoms with Gasteiger partial charge in [-0.25, -0.2) is 9.78 Å². The van der Waals surface area contributed by atoms with Gasteiger partial charge in [-0.3, -0.25) is 4.79 Å². The standard InChI is InChI=1S/C20H24N2O3S/c1-5-25-20(24)17-7-6-10-21-19(17)26-12-18(23)22-15(4)16-9-8-13(2)14(3)11-16/h6-11,15H,5,12H2,1-4H3,(H,22,23). The maximum atomic E-state index is 12.3. The lowest BCUT2D eigenvalue weighted by Gasteiger charge is -2.16. The fourth-order valence-corrected chi connectivity index (χ4v) is 3.20. The molecule has 0 saturated carbocycles. The van der Waals surface area contributed by atoms with Gasteiger partial charge in [0.25, 0.3) is 0 Å². The molecule has 1 N–H and O–H groups in total. The molecule has 26 heavy (non-hydrogen) atoms. The highest BCUT2D eigenvalue weighted by molar-refractivity contribution is 8.00. The van der Waals surface area contributed by atoms with E-state index in [-0.39, 0.29) is 17.7 Å². The van der Waals surface area contributed by atoms with Crippen LogP contribution in [0.1, 0.15) is 46.9 Å². The zero-order chi connectivity index (χ0) is 19.1. The van der Waals surface area contributed by atoms with Crippen molar-refractivity contribution in [2.45, 2.75) is 38.8 Å². The average Bonchev–Trinajstić information content (AvgIpc) is 2.62. The van der Waals surface area contributed by atoms with Gasteiger partial charge in [0, 0.05) is 6.20 Å². The summed E-state index contributed by atoms with van der Waals surface area (Å²) in [6.45, 7) is 8.13. The molecular weight excluding hydrogens is 348 g/mol. The number of rotatable bonds is 7. The van der Waals surface area contributed by atoms with Gasteiger partial charge in [0.15, 0.2) is 0 Å². The number of ether oxygens (including phenoxy) is 1. The molecule has 0 aliphatic carbocycles. The second-order valence-corrected chi connectivity index (χ2v) is 6.96. The highest BCUT2D eigenvalue weighted by Crippen LogP contribution is 2.21. The van der Waals surface area contributed by atoms with E-state index < -0.39 is 5.97 Å². The molecule has 138 valence electrons. The Morgan fingerprint density at radius 2 is 2.00 bits per heavy atom. The second kappa shape index (κ2) is 9.38. The predicted molar refractivity (Wildman–Crippen MR) is 103 cm³/mol. The molecule has 1 unspecified atom stereocenters. The molecule has 1 amide bonds. The molecule has 0 spiro atoms. The normalized spacial score (nSPS) is 11.7. The average molecular weight is 372 g/mol. The van der Waals surface area contributed by atoms with Crippen LogP contribution < -0.4 is 5.32 Å². The first-order valence-corrected chi connectivity index (χ1v) is 9.52. The van der Waals surface area contributed by atoms with Crippen molar-refractivity contribution in [2.75, 3.05) is 12.4 Å². The molecule has 1 heterocycles. The van der Waals surface area contributed by atoms with Crippen LogP contribution in [0.2, 0.25) is 0 Å². The van der Waals surface area contributed by atoms with E-state index in [0.29, 0.717) is 17.2 Å². The molecule has 1 aromatic carbocycles. The third-order valence-electron chi connectivity index (χ3n) is 4.01.